The van der Waals surface area contributed by atoms with Crippen LogP contribution < -0.4 is 4.74 Å². The quantitative estimate of drug-likeness (QED) is 0.675. The summed E-state index contributed by atoms with van der Waals surface area (Å²) in [7, 11) is 0. The van der Waals surface area contributed by atoms with Crippen LogP contribution in [0.5, 0.6) is 5.75 Å². The van der Waals surface area contributed by atoms with Crippen molar-refractivity contribution >= 4 is 6.08 Å². The summed E-state index contributed by atoms with van der Waals surface area (Å²) in [5.74, 6) is -1.22. The Kier molecular flexibility index (Phi) is 4.28. The van der Waals surface area contributed by atoms with Gasteiger partial charge < -0.3 is 4.74 Å². The molecule has 0 unspecified atom stereocenters. The zero-order valence-corrected chi connectivity index (χ0v) is 8.72. The second kappa shape index (κ2) is 5.49. The second-order valence-electron chi connectivity index (χ2n) is 3.21. The second-order valence-corrected chi connectivity index (χ2v) is 3.21. The van der Waals surface area contributed by atoms with Crippen LogP contribution in [0, 0.1) is 11.6 Å². The van der Waals surface area contributed by atoms with Gasteiger partial charge in [0.2, 0.25) is 0 Å². The van der Waals surface area contributed by atoms with Gasteiger partial charge in [0.1, 0.15) is 5.82 Å². The molecule has 1 rings (SSSR count). The van der Waals surface area contributed by atoms with Crippen molar-refractivity contribution in [1.82, 2.24) is 0 Å². The molecule has 3 heteroatoms. The number of hydrogen-bond donors (Lipinski definition) is 0. The van der Waals surface area contributed by atoms with Crippen molar-refractivity contribution in [1.29, 1.82) is 0 Å². The summed E-state index contributed by atoms with van der Waals surface area (Å²) >= 11 is 0. The maximum absolute atomic E-state index is 13.3. The topological polar surface area (TPSA) is 9.23 Å². The van der Waals surface area contributed by atoms with E-state index in [4.69, 9.17) is 4.74 Å². The van der Waals surface area contributed by atoms with Gasteiger partial charge in [0, 0.05) is 11.6 Å². The summed E-state index contributed by atoms with van der Waals surface area (Å²) in [6.07, 6.45) is 3.19. The Hall–Kier alpha value is -1.38. The number of halogens is 2. The van der Waals surface area contributed by atoms with Crippen molar-refractivity contribution in [2.75, 3.05) is 6.61 Å². The Bertz CT molecular complexity index is 348. The van der Waals surface area contributed by atoms with Crippen LogP contribution in [-0.4, -0.2) is 6.61 Å². The summed E-state index contributed by atoms with van der Waals surface area (Å²) in [5, 5.41) is 0. The monoisotopic (exact) mass is 212 g/mol. The highest BCUT2D eigenvalue weighted by atomic mass is 19.1. The van der Waals surface area contributed by atoms with Crippen LogP contribution in [0.25, 0.3) is 6.08 Å². The predicted molar refractivity (Wildman–Crippen MR) is 56.9 cm³/mol. The molecule has 0 amide bonds. The molecule has 1 aromatic carbocycles. The van der Waals surface area contributed by atoms with E-state index < -0.39 is 11.6 Å². The zero-order chi connectivity index (χ0) is 11.3. The molecule has 0 bridgehead atoms. The van der Waals surface area contributed by atoms with E-state index in [9.17, 15) is 8.78 Å². The van der Waals surface area contributed by atoms with Crippen LogP contribution in [0.2, 0.25) is 0 Å². The lowest BCUT2D eigenvalue weighted by molar-refractivity contribution is 0.292. The Morgan fingerprint density at radius 2 is 2.13 bits per heavy atom. The molecule has 0 heterocycles. The minimum atomic E-state index is -0.680. The average molecular weight is 212 g/mol. The van der Waals surface area contributed by atoms with Crippen molar-refractivity contribution < 1.29 is 13.5 Å². The first kappa shape index (κ1) is 11.7. The van der Waals surface area contributed by atoms with Crippen molar-refractivity contribution in [3.8, 4) is 5.75 Å². The normalized spacial score (nSPS) is 10.1. The predicted octanol–water partition coefficient (Wildman–Crippen LogP) is 3.79. The fourth-order valence-electron chi connectivity index (χ4n) is 1.20. The number of unbranched alkanes of at least 4 members (excludes halogenated alkanes) is 1. The van der Waals surface area contributed by atoms with E-state index >= 15 is 0 Å². The summed E-state index contributed by atoms with van der Waals surface area (Å²) < 4.78 is 31.4. The summed E-state index contributed by atoms with van der Waals surface area (Å²) in [6.45, 7) is 5.93. The molecule has 0 N–H and O–H groups in total. The summed E-state index contributed by atoms with van der Waals surface area (Å²) in [5.41, 5.74) is 0.351. The molecule has 0 aromatic heterocycles. The molecule has 0 aliphatic rings. The molecular weight excluding hydrogens is 198 g/mol. The third kappa shape index (κ3) is 3.05. The number of benzene rings is 1. The third-order valence-electron chi connectivity index (χ3n) is 2.00. The lowest BCUT2D eigenvalue weighted by Crippen LogP contribution is -2.01. The van der Waals surface area contributed by atoms with E-state index in [1.807, 2.05) is 6.92 Å². The molecule has 0 fully saturated rings. The molecule has 0 saturated heterocycles. The maximum atomic E-state index is 13.3. The average Bonchev–Trinajstić information content (AvgIpc) is 2.20. The Morgan fingerprint density at radius 1 is 1.40 bits per heavy atom. The van der Waals surface area contributed by atoms with Crippen LogP contribution in [0.1, 0.15) is 25.3 Å². The van der Waals surface area contributed by atoms with Gasteiger partial charge in [0.15, 0.2) is 11.6 Å². The molecule has 0 atom stereocenters. The minimum absolute atomic E-state index is 0.0832. The van der Waals surface area contributed by atoms with Gasteiger partial charge >= 0.3 is 0 Å². The van der Waals surface area contributed by atoms with Crippen molar-refractivity contribution in [2.24, 2.45) is 0 Å². The van der Waals surface area contributed by atoms with Gasteiger partial charge in [-0.15, -0.1) is 0 Å². The molecule has 0 saturated carbocycles. The van der Waals surface area contributed by atoms with E-state index in [1.54, 1.807) is 0 Å². The molecule has 1 nitrogen and oxygen atoms in total. The van der Waals surface area contributed by atoms with E-state index in [0.717, 1.165) is 18.9 Å². The Balaban J connectivity index is 2.89. The lowest BCUT2D eigenvalue weighted by atomic mass is 10.2. The summed E-state index contributed by atoms with van der Waals surface area (Å²) in [4.78, 5) is 0. The largest absolute Gasteiger partial charge is 0.490 e. The molecule has 0 radical (unpaired) electrons. The van der Waals surface area contributed by atoms with Crippen molar-refractivity contribution in [2.45, 2.75) is 19.8 Å². The highest BCUT2D eigenvalue weighted by Gasteiger charge is 2.10. The SMILES string of the molecule is C=Cc1cc(F)cc(F)c1OCCCC. The van der Waals surface area contributed by atoms with Gasteiger partial charge in [-0.2, -0.15) is 0 Å². The van der Waals surface area contributed by atoms with E-state index in [0.29, 0.717) is 12.2 Å². The number of hydrogen-bond acceptors (Lipinski definition) is 1. The lowest BCUT2D eigenvalue weighted by Gasteiger charge is -2.09. The minimum Gasteiger partial charge on any atom is -0.490 e. The molecule has 0 aliphatic heterocycles. The Labute approximate surface area is 88.4 Å². The fourth-order valence-corrected chi connectivity index (χ4v) is 1.20. The van der Waals surface area contributed by atoms with Crippen LogP contribution >= 0.6 is 0 Å². The number of rotatable bonds is 5. The maximum Gasteiger partial charge on any atom is 0.168 e. The molecule has 82 valence electrons. The summed E-state index contributed by atoms with van der Waals surface area (Å²) in [6, 6.07) is 2.02. The highest BCUT2D eigenvalue weighted by molar-refractivity contribution is 5.56. The van der Waals surface area contributed by atoms with Gasteiger partial charge in [-0.1, -0.05) is 26.0 Å². The molecule has 15 heavy (non-hydrogen) atoms. The first-order chi connectivity index (χ1) is 7.19. The molecule has 0 aliphatic carbocycles. The highest BCUT2D eigenvalue weighted by Crippen LogP contribution is 2.25. The van der Waals surface area contributed by atoms with Gasteiger partial charge in [0.05, 0.1) is 6.61 Å². The van der Waals surface area contributed by atoms with Crippen LogP contribution in [0.3, 0.4) is 0 Å². The van der Waals surface area contributed by atoms with Gasteiger partial charge in [-0.25, -0.2) is 8.78 Å². The molecule has 1 aromatic rings. The molecule has 0 spiro atoms. The van der Waals surface area contributed by atoms with Gasteiger partial charge in [-0.3, -0.25) is 0 Å². The van der Waals surface area contributed by atoms with Crippen LogP contribution in [0.4, 0.5) is 8.78 Å². The third-order valence-corrected chi connectivity index (χ3v) is 2.00. The van der Waals surface area contributed by atoms with E-state index in [2.05, 4.69) is 6.58 Å². The molecular formula is C12H14F2O. The van der Waals surface area contributed by atoms with E-state index in [-0.39, 0.29) is 5.75 Å². The van der Waals surface area contributed by atoms with Crippen LogP contribution in [-0.2, 0) is 0 Å². The first-order valence-corrected chi connectivity index (χ1v) is 4.93. The van der Waals surface area contributed by atoms with Crippen molar-refractivity contribution in [3.05, 3.63) is 35.9 Å². The van der Waals surface area contributed by atoms with Crippen LogP contribution in [0.15, 0.2) is 18.7 Å². The van der Waals surface area contributed by atoms with E-state index in [1.165, 1.54) is 12.1 Å². The van der Waals surface area contributed by atoms with Crippen molar-refractivity contribution in [3.63, 3.8) is 0 Å². The smallest absolute Gasteiger partial charge is 0.168 e. The number of ether oxygens (including phenoxy) is 1. The van der Waals surface area contributed by atoms with Gasteiger partial charge in [0.25, 0.3) is 0 Å². The van der Waals surface area contributed by atoms with Gasteiger partial charge in [-0.05, 0) is 12.5 Å². The first-order valence-electron chi connectivity index (χ1n) is 4.93. The fraction of sp³-hybridized carbons (Fsp3) is 0.333. The zero-order valence-electron chi connectivity index (χ0n) is 8.72. The Morgan fingerprint density at radius 3 is 2.73 bits per heavy atom. The standard InChI is InChI=1S/C12H14F2O/c1-3-5-6-15-12-9(4-2)7-10(13)8-11(12)14/h4,7-8H,2-3,5-6H2,1H3.